The zero-order valence-electron chi connectivity index (χ0n) is 16.7. The number of aromatic nitrogens is 2. The number of amides is 2. The average Bonchev–Trinajstić information content (AvgIpc) is 3.41. The Morgan fingerprint density at radius 3 is 2.61 bits per heavy atom. The molecule has 0 saturated carbocycles. The molecule has 2 aromatic carbocycles. The van der Waals surface area contributed by atoms with Gasteiger partial charge in [0.2, 0.25) is 5.91 Å². The van der Waals surface area contributed by atoms with Gasteiger partial charge in [-0.3, -0.25) is 9.59 Å². The van der Waals surface area contributed by atoms with Gasteiger partial charge in [-0.25, -0.2) is 4.98 Å². The number of hydrogen-bond acceptors (Lipinski definition) is 4. The highest BCUT2D eigenvalue weighted by Crippen LogP contribution is 2.17. The molecule has 158 valence electrons. The quantitative estimate of drug-likeness (QED) is 0.442. The van der Waals surface area contributed by atoms with E-state index in [1.165, 1.54) is 0 Å². The molecule has 0 saturated heterocycles. The van der Waals surface area contributed by atoms with Crippen LogP contribution in [0.3, 0.4) is 0 Å². The van der Waals surface area contributed by atoms with E-state index < -0.39 is 0 Å². The number of carbonyl (C=O) groups excluding carboxylic acids is 2. The first-order chi connectivity index (χ1) is 15.1. The molecule has 2 aromatic heterocycles. The largest absolute Gasteiger partial charge is 0.467 e. The van der Waals surface area contributed by atoms with E-state index in [1.807, 2.05) is 28.8 Å². The second-order valence-electron chi connectivity index (χ2n) is 6.94. The fourth-order valence-corrected chi connectivity index (χ4v) is 3.54. The molecule has 0 bridgehead atoms. The molecule has 8 heteroatoms. The summed E-state index contributed by atoms with van der Waals surface area (Å²) >= 11 is 6.09. The van der Waals surface area contributed by atoms with Gasteiger partial charge in [-0.1, -0.05) is 35.9 Å². The van der Waals surface area contributed by atoms with Crippen LogP contribution in [0.2, 0.25) is 5.02 Å². The Morgan fingerprint density at radius 1 is 1.00 bits per heavy atom. The number of fused-ring (bicyclic) bond motifs is 1. The molecule has 2 amide bonds. The fraction of sp³-hybridized carbons (Fsp3) is 0.174. The molecule has 7 nitrogen and oxygen atoms in total. The summed E-state index contributed by atoms with van der Waals surface area (Å²) in [6.07, 6.45) is 2.04. The molecule has 4 aromatic rings. The van der Waals surface area contributed by atoms with Crippen molar-refractivity contribution in [2.45, 2.75) is 19.5 Å². The highest BCUT2D eigenvalue weighted by Gasteiger charge is 2.15. The first-order valence-electron chi connectivity index (χ1n) is 9.88. The van der Waals surface area contributed by atoms with Gasteiger partial charge in [0.05, 0.1) is 34.4 Å². The van der Waals surface area contributed by atoms with Crippen molar-refractivity contribution >= 4 is 34.4 Å². The maximum absolute atomic E-state index is 12.5. The Labute approximate surface area is 184 Å². The number of rotatable bonds is 8. The smallest absolute Gasteiger partial charge is 0.252 e. The third-order valence-electron chi connectivity index (χ3n) is 4.83. The number of imidazole rings is 1. The highest BCUT2D eigenvalue weighted by atomic mass is 35.5. The molecule has 0 aliphatic rings. The van der Waals surface area contributed by atoms with E-state index in [-0.39, 0.29) is 18.4 Å². The first kappa shape index (κ1) is 20.7. The van der Waals surface area contributed by atoms with E-state index in [9.17, 15) is 9.59 Å². The minimum atomic E-state index is -0.246. The Bertz CT molecular complexity index is 1200. The summed E-state index contributed by atoms with van der Waals surface area (Å²) in [6.45, 7) is 0.804. The normalized spacial score (nSPS) is 10.9. The average molecular weight is 437 g/mol. The maximum Gasteiger partial charge on any atom is 0.252 e. The standard InChI is InChI=1S/C23H21ClN4O3/c24-18-8-2-1-7-17(18)23(30)25-12-11-21-27-19-9-3-4-10-20(19)28(21)15-22(29)26-14-16-6-5-13-31-16/h1-10,13H,11-12,14-15H2,(H,25,30)(H,26,29). The molecule has 0 aliphatic carbocycles. The van der Waals surface area contributed by atoms with Crippen molar-refractivity contribution in [2.75, 3.05) is 6.54 Å². The topological polar surface area (TPSA) is 89.2 Å². The summed E-state index contributed by atoms with van der Waals surface area (Å²) in [4.78, 5) is 29.6. The number of carbonyl (C=O) groups is 2. The first-order valence-corrected chi connectivity index (χ1v) is 10.3. The third-order valence-corrected chi connectivity index (χ3v) is 5.16. The molecule has 0 radical (unpaired) electrons. The summed E-state index contributed by atoms with van der Waals surface area (Å²) in [6, 6.07) is 18.1. The summed E-state index contributed by atoms with van der Waals surface area (Å²) in [5, 5.41) is 6.12. The molecule has 31 heavy (non-hydrogen) atoms. The number of nitrogens with one attached hydrogen (secondary N) is 2. The number of nitrogens with zero attached hydrogens (tertiary/aromatic N) is 2. The number of benzene rings is 2. The Balaban J connectivity index is 1.44. The summed E-state index contributed by atoms with van der Waals surface area (Å²) in [5.74, 6) is 1.01. The second kappa shape index (κ2) is 9.49. The van der Waals surface area contributed by atoms with Crippen molar-refractivity contribution in [3.63, 3.8) is 0 Å². The lowest BCUT2D eigenvalue weighted by atomic mass is 10.2. The van der Waals surface area contributed by atoms with Crippen molar-refractivity contribution in [1.82, 2.24) is 20.2 Å². The fourth-order valence-electron chi connectivity index (χ4n) is 3.32. The van der Waals surface area contributed by atoms with Crippen molar-refractivity contribution in [3.8, 4) is 0 Å². The lowest BCUT2D eigenvalue weighted by molar-refractivity contribution is -0.121. The highest BCUT2D eigenvalue weighted by molar-refractivity contribution is 6.33. The molecular weight excluding hydrogens is 416 g/mol. The Morgan fingerprint density at radius 2 is 1.81 bits per heavy atom. The van der Waals surface area contributed by atoms with Gasteiger partial charge < -0.3 is 19.6 Å². The number of furan rings is 1. The zero-order valence-corrected chi connectivity index (χ0v) is 17.4. The minimum Gasteiger partial charge on any atom is -0.467 e. The summed E-state index contributed by atoms with van der Waals surface area (Å²) in [5.41, 5.74) is 2.09. The van der Waals surface area contributed by atoms with Crippen LogP contribution in [0.5, 0.6) is 0 Å². The molecule has 2 N–H and O–H groups in total. The van der Waals surface area contributed by atoms with Crippen molar-refractivity contribution < 1.29 is 14.0 Å². The summed E-state index contributed by atoms with van der Waals surface area (Å²) in [7, 11) is 0. The zero-order chi connectivity index (χ0) is 21.6. The van der Waals surface area contributed by atoms with Gasteiger partial charge in [0.25, 0.3) is 5.91 Å². The van der Waals surface area contributed by atoms with Crippen LogP contribution in [0.4, 0.5) is 0 Å². The number of para-hydroxylation sites is 2. The van der Waals surface area contributed by atoms with E-state index in [2.05, 4.69) is 15.6 Å². The second-order valence-corrected chi connectivity index (χ2v) is 7.35. The van der Waals surface area contributed by atoms with Crippen LogP contribution in [0.25, 0.3) is 11.0 Å². The predicted octanol–water partition coefficient (Wildman–Crippen LogP) is 3.57. The summed E-state index contributed by atoms with van der Waals surface area (Å²) < 4.78 is 7.12. The molecule has 2 heterocycles. The van der Waals surface area contributed by atoms with Crippen molar-refractivity contribution in [3.05, 3.63) is 89.1 Å². The molecule has 0 unspecified atom stereocenters. The van der Waals surface area contributed by atoms with Gasteiger partial charge in [-0.15, -0.1) is 0 Å². The van der Waals surface area contributed by atoms with E-state index in [0.29, 0.717) is 41.7 Å². The van der Waals surface area contributed by atoms with E-state index in [1.54, 1.807) is 42.7 Å². The molecular formula is C23H21ClN4O3. The van der Waals surface area contributed by atoms with Crippen LogP contribution in [0, 0.1) is 0 Å². The van der Waals surface area contributed by atoms with Crippen LogP contribution >= 0.6 is 11.6 Å². The number of hydrogen-bond donors (Lipinski definition) is 2. The predicted molar refractivity (Wildman–Crippen MR) is 118 cm³/mol. The monoisotopic (exact) mass is 436 g/mol. The van der Waals surface area contributed by atoms with E-state index in [0.717, 1.165) is 11.0 Å². The van der Waals surface area contributed by atoms with Crippen LogP contribution in [0.15, 0.2) is 71.3 Å². The lowest BCUT2D eigenvalue weighted by Gasteiger charge is -2.10. The molecule has 0 spiro atoms. The van der Waals surface area contributed by atoms with Gasteiger partial charge in [-0.2, -0.15) is 0 Å². The van der Waals surface area contributed by atoms with Crippen molar-refractivity contribution in [1.29, 1.82) is 0 Å². The van der Waals surface area contributed by atoms with Gasteiger partial charge >= 0.3 is 0 Å². The molecule has 0 aliphatic heterocycles. The molecule has 0 fully saturated rings. The number of halogens is 1. The van der Waals surface area contributed by atoms with Gasteiger partial charge in [0.1, 0.15) is 18.1 Å². The minimum absolute atomic E-state index is 0.120. The Hall–Kier alpha value is -3.58. The van der Waals surface area contributed by atoms with Gasteiger partial charge in [0.15, 0.2) is 0 Å². The van der Waals surface area contributed by atoms with Crippen LogP contribution in [-0.2, 0) is 24.3 Å². The maximum atomic E-state index is 12.5. The van der Waals surface area contributed by atoms with Crippen LogP contribution in [0.1, 0.15) is 21.9 Å². The molecule has 0 atom stereocenters. The van der Waals surface area contributed by atoms with Gasteiger partial charge in [-0.05, 0) is 36.4 Å². The Kier molecular flexibility index (Phi) is 6.33. The van der Waals surface area contributed by atoms with Crippen LogP contribution < -0.4 is 10.6 Å². The van der Waals surface area contributed by atoms with E-state index in [4.69, 9.17) is 16.0 Å². The third kappa shape index (κ3) is 4.95. The SMILES string of the molecule is O=C(Cn1c(CCNC(=O)c2ccccc2Cl)nc2ccccc21)NCc1ccco1. The van der Waals surface area contributed by atoms with Crippen molar-refractivity contribution in [2.24, 2.45) is 0 Å². The van der Waals surface area contributed by atoms with Gasteiger partial charge in [0, 0.05) is 13.0 Å². The van der Waals surface area contributed by atoms with Crippen LogP contribution in [-0.4, -0.2) is 27.9 Å². The van der Waals surface area contributed by atoms with E-state index >= 15 is 0 Å². The molecule has 4 rings (SSSR count). The lowest BCUT2D eigenvalue weighted by Crippen LogP contribution is -2.29.